The van der Waals surface area contributed by atoms with Crippen LogP contribution >= 0.6 is 0 Å². The molecule has 0 bridgehead atoms. The van der Waals surface area contributed by atoms with Crippen LogP contribution in [0.3, 0.4) is 0 Å². The summed E-state index contributed by atoms with van der Waals surface area (Å²) in [4.78, 5) is 11.4. The zero-order chi connectivity index (χ0) is 13.2. The van der Waals surface area contributed by atoms with E-state index in [4.69, 9.17) is 0 Å². The second-order valence-corrected chi connectivity index (χ2v) is 5.45. The molecule has 0 saturated carbocycles. The van der Waals surface area contributed by atoms with Gasteiger partial charge < -0.3 is 10.2 Å². The summed E-state index contributed by atoms with van der Waals surface area (Å²) in [5.74, 6) is 0.750. The van der Waals surface area contributed by atoms with Crippen molar-refractivity contribution >= 4 is 16.9 Å². The largest absolute Gasteiger partial charge is 0.351 e. The number of rotatable bonds is 2. The van der Waals surface area contributed by atoms with Crippen molar-refractivity contribution in [2.45, 2.75) is 31.8 Å². The Kier molecular flexibility index (Phi) is 3.34. The molecule has 0 spiro atoms. The summed E-state index contributed by atoms with van der Waals surface area (Å²) in [6, 6.07) is 9.18. The van der Waals surface area contributed by atoms with Crippen molar-refractivity contribution in [2.24, 2.45) is 0 Å². The Morgan fingerprint density at radius 2 is 2.16 bits per heavy atom. The van der Waals surface area contributed by atoms with Crippen molar-refractivity contribution in [3.8, 4) is 0 Å². The minimum Gasteiger partial charge on any atom is -0.351 e. The third-order valence-electron chi connectivity index (χ3n) is 4.03. The Balaban J connectivity index is 1.74. The van der Waals surface area contributed by atoms with Gasteiger partial charge in [0.15, 0.2) is 0 Å². The van der Waals surface area contributed by atoms with E-state index in [1.54, 1.807) is 0 Å². The van der Waals surface area contributed by atoms with E-state index in [2.05, 4.69) is 34.2 Å². The molecule has 1 aliphatic heterocycles. The minimum absolute atomic E-state index is 0.479. The Hall–Kier alpha value is -1.68. The van der Waals surface area contributed by atoms with Crippen LogP contribution in [0.5, 0.6) is 0 Å². The van der Waals surface area contributed by atoms with Gasteiger partial charge in [0.1, 0.15) is 0 Å². The molecule has 1 saturated heterocycles. The lowest BCUT2D eigenvalue weighted by atomic mass is 9.99. The summed E-state index contributed by atoms with van der Waals surface area (Å²) < 4.78 is 0. The summed E-state index contributed by atoms with van der Waals surface area (Å²) >= 11 is 0. The molecular formula is C15H20N4. The number of piperidine rings is 1. The molecule has 1 fully saturated rings. The second-order valence-electron chi connectivity index (χ2n) is 5.45. The highest BCUT2D eigenvalue weighted by Gasteiger charge is 2.23. The summed E-state index contributed by atoms with van der Waals surface area (Å²) in [6.07, 6.45) is 4.19. The first-order valence-corrected chi connectivity index (χ1v) is 6.91. The van der Waals surface area contributed by atoms with Crippen molar-refractivity contribution in [3.05, 3.63) is 30.5 Å². The SMILES string of the molecule is CC1CC(Nc2ncc3ccccc3n2)CCN1C. The number of fused-ring (bicyclic) bond motifs is 1. The average molecular weight is 256 g/mol. The topological polar surface area (TPSA) is 41.1 Å². The molecule has 0 amide bonds. The third kappa shape index (κ3) is 2.68. The van der Waals surface area contributed by atoms with Gasteiger partial charge in [-0.05, 0) is 32.9 Å². The quantitative estimate of drug-likeness (QED) is 0.896. The van der Waals surface area contributed by atoms with Crippen molar-refractivity contribution < 1.29 is 0 Å². The highest BCUT2D eigenvalue weighted by molar-refractivity contribution is 5.78. The molecule has 2 aromatic rings. The molecule has 2 atom stereocenters. The fourth-order valence-corrected chi connectivity index (χ4v) is 2.64. The summed E-state index contributed by atoms with van der Waals surface area (Å²) in [6.45, 7) is 3.40. The standard InChI is InChI=1S/C15H20N4/c1-11-9-13(7-8-19(11)2)17-15-16-10-12-5-3-4-6-14(12)18-15/h3-6,10-11,13H,7-9H2,1-2H3,(H,16,17,18). The lowest BCUT2D eigenvalue weighted by Crippen LogP contribution is -2.42. The fraction of sp³-hybridized carbons (Fsp3) is 0.467. The molecule has 3 rings (SSSR count). The second kappa shape index (κ2) is 5.13. The van der Waals surface area contributed by atoms with Crippen LogP contribution in [0.4, 0.5) is 5.95 Å². The molecule has 2 heterocycles. The summed E-state index contributed by atoms with van der Waals surface area (Å²) in [7, 11) is 2.19. The van der Waals surface area contributed by atoms with Gasteiger partial charge in [0.25, 0.3) is 0 Å². The predicted molar refractivity (Wildman–Crippen MR) is 78.3 cm³/mol. The Labute approximate surface area is 113 Å². The summed E-state index contributed by atoms with van der Waals surface area (Å²) in [5, 5.41) is 4.56. The number of para-hydroxylation sites is 1. The Morgan fingerprint density at radius 1 is 1.32 bits per heavy atom. The molecule has 1 aromatic heterocycles. The van der Waals surface area contributed by atoms with Crippen LogP contribution in [-0.2, 0) is 0 Å². The first-order valence-electron chi connectivity index (χ1n) is 6.91. The van der Waals surface area contributed by atoms with Gasteiger partial charge in [-0.15, -0.1) is 0 Å². The predicted octanol–water partition coefficient (Wildman–Crippen LogP) is 2.52. The van der Waals surface area contributed by atoms with Gasteiger partial charge in [0.05, 0.1) is 5.52 Å². The molecule has 100 valence electrons. The van der Waals surface area contributed by atoms with E-state index in [0.29, 0.717) is 12.1 Å². The van der Waals surface area contributed by atoms with E-state index in [1.165, 1.54) is 0 Å². The maximum atomic E-state index is 4.58. The van der Waals surface area contributed by atoms with Crippen molar-refractivity contribution in [1.82, 2.24) is 14.9 Å². The van der Waals surface area contributed by atoms with Crippen molar-refractivity contribution in [3.63, 3.8) is 0 Å². The van der Waals surface area contributed by atoms with Gasteiger partial charge >= 0.3 is 0 Å². The van der Waals surface area contributed by atoms with Crippen LogP contribution in [0.2, 0.25) is 0 Å². The van der Waals surface area contributed by atoms with Crippen LogP contribution < -0.4 is 5.32 Å². The minimum atomic E-state index is 0.479. The van der Waals surface area contributed by atoms with Gasteiger partial charge in [0, 0.05) is 30.2 Å². The van der Waals surface area contributed by atoms with Crippen LogP contribution in [0.1, 0.15) is 19.8 Å². The number of likely N-dealkylation sites (tertiary alicyclic amines) is 1. The van der Waals surface area contributed by atoms with Gasteiger partial charge in [-0.1, -0.05) is 18.2 Å². The molecule has 0 aliphatic carbocycles. The highest BCUT2D eigenvalue weighted by Crippen LogP contribution is 2.19. The number of nitrogens with one attached hydrogen (secondary N) is 1. The zero-order valence-electron chi connectivity index (χ0n) is 11.5. The Morgan fingerprint density at radius 3 is 3.00 bits per heavy atom. The van der Waals surface area contributed by atoms with Crippen LogP contribution in [0.25, 0.3) is 10.9 Å². The van der Waals surface area contributed by atoms with Crippen LogP contribution in [0, 0.1) is 0 Å². The lowest BCUT2D eigenvalue weighted by Gasteiger charge is -2.35. The average Bonchev–Trinajstić information content (AvgIpc) is 2.43. The van der Waals surface area contributed by atoms with Gasteiger partial charge in [0.2, 0.25) is 5.95 Å². The van der Waals surface area contributed by atoms with E-state index in [1.807, 2.05) is 30.5 Å². The number of benzene rings is 1. The highest BCUT2D eigenvalue weighted by atomic mass is 15.2. The molecular weight excluding hydrogens is 236 g/mol. The van der Waals surface area contributed by atoms with Crippen LogP contribution in [-0.4, -0.2) is 40.5 Å². The van der Waals surface area contributed by atoms with Crippen molar-refractivity contribution in [1.29, 1.82) is 0 Å². The zero-order valence-corrected chi connectivity index (χ0v) is 11.5. The smallest absolute Gasteiger partial charge is 0.223 e. The van der Waals surface area contributed by atoms with Crippen LogP contribution in [0.15, 0.2) is 30.5 Å². The van der Waals surface area contributed by atoms with E-state index < -0.39 is 0 Å². The maximum absolute atomic E-state index is 4.58. The number of nitrogens with zero attached hydrogens (tertiary/aromatic N) is 3. The normalized spacial score (nSPS) is 24.5. The fourth-order valence-electron chi connectivity index (χ4n) is 2.64. The molecule has 0 radical (unpaired) electrons. The first-order chi connectivity index (χ1) is 9.22. The molecule has 1 aromatic carbocycles. The van der Waals surface area contributed by atoms with Gasteiger partial charge in [-0.2, -0.15) is 0 Å². The Bertz CT molecular complexity index is 569. The third-order valence-corrected chi connectivity index (χ3v) is 4.03. The number of hydrogen-bond acceptors (Lipinski definition) is 4. The first kappa shape index (κ1) is 12.4. The van der Waals surface area contributed by atoms with E-state index in [0.717, 1.165) is 36.2 Å². The van der Waals surface area contributed by atoms with E-state index in [-0.39, 0.29) is 0 Å². The molecule has 4 heteroatoms. The molecule has 1 N–H and O–H groups in total. The molecule has 19 heavy (non-hydrogen) atoms. The molecule has 2 unspecified atom stereocenters. The number of hydrogen-bond donors (Lipinski definition) is 1. The van der Waals surface area contributed by atoms with Crippen molar-refractivity contribution in [2.75, 3.05) is 18.9 Å². The van der Waals surface area contributed by atoms with Gasteiger partial charge in [-0.25, -0.2) is 9.97 Å². The summed E-state index contributed by atoms with van der Waals surface area (Å²) in [5.41, 5.74) is 1.00. The molecule has 4 nitrogen and oxygen atoms in total. The van der Waals surface area contributed by atoms with E-state index >= 15 is 0 Å². The maximum Gasteiger partial charge on any atom is 0.223 e. The monoisotopic (exact) mass is 256 g/mol. The lowest BCUT2D eigenvalue weighted by molar-refractivity contribution is 0.190. The number of anilines is 1. The van der Waals surface area contributed by atoms with Gasteiger partial charge in [-0.3, -0.25) is 0 Å². The molecule has 1 aliphatic rings. The number of aromatic nitrogens is 2. The van der Waals surface area contributed by atoms with E-state index in [9.17, 15) is 0 Å².